The van der Waals surface area contributed by atoms with Gasteiger partial charge in [0, 0.05) is 34.5 Å². The molecule has 1 aromatic heterocycles. The fourth-order valence-corrected chi connectivity index (χ4v) is 4.32. The Labute approximate surface area is 232 Å². The maximum Gasteiger partial charge on any atom is 0.272 e. The first-order valence-corrected chi connectivity index (χ1v) is 13.1. The number of hydrogen-bond donors (Lipinski definition) is 3. The van der Waals surface area contributed by atoms with Crippen molar-refractivity contribution in [2.75, 3.05) is 11.9 Å². The second-order valence-corrected chi connectivity index (χ2v) is 9.76. The van der Waals surface area contributed by atoms with Crippen LogP contribution < -0.4 is 15.4 Å². The number of hydrogen-bond acceptors (Lipinski definition) is 3. The van der Waals surface area contributed by atoms with E-state index in [0.717, 1.165) is 22.0 Å². The molecule has 2 amide bonds. The van der Waals surface area contributed by atoms with Crippen LogP contribution in [0.4, 0.5) is 5.69 Å². The third-order valence-corrected chi connectivity index (χ3v) is 6.65. The van der Waals surface area contributed by atoms with E-state index in [-0.39, 0.29) is 11.8 Å². The van der Waals surface area contributed by atoms with E-state index in [0.29, 0.717) is 47.3 Å². The number of aromatic nitrogens is 1. The number of rotatable bonds is 9. The molecule has 0 spiro atoms. The molecule has 1 heterocycles. The van der Waals surface area contributed by atoms with E-state index in [1.54, 1.807) is 36.4 Å². The molecule has 39 heavy (non-hydrogen) atoms. The van der Waals surface area contributed by atoms with E-state index in [1.165, 1.54) is 5.56 Å². The molecule has 0 aliphatic rings. The zero-order valence-corrected chi connectivity index (χ0v) is 22.2. The van der Waals surface area contributed by atoms with Crippen molar-refractivity contribution in [2.45, 2.75) is 19.9 Å². The molecule has 0 saturated carbocycles. The van der Waals surface area contributed by atoms with Crippen LogP contribution >= 0.6 is 11.6 Å². The summed E-state index contributed by atoms with van der Waals surface area (Å²) < 4.78 is 6.11. The second kappa shape index (κ2) is 11.9. The summed E-state index contributed by atoms with van der Waals surface area (Å²) in [5.74, 6) is -0.123. The summed E-state index contributed by atoms with van der Waals surface area (Å²) in [5.41, 5.74) is 5.50. The number of carbonyl (C=O) groups excluding carboxylic acids is 2. The normalized spacial score (nSPS) is 10.8. The smallest absolute Gasteiger partial charge is 0.272 e. The van der Waals surface area contributed by atoms with E-state index in [4.69, 9.17) is 16.3 Å². The fraction of sp³-hybridized carbons (Fsp3) is 0.125. The molecular formula is C32H28ClN3O3. The maximum absolute atomic E-state index is 13.1. The van der Waals surface area contributed by atoms with Crippen LogP contribution in [-0.2, 0) is 13.0 Å². The van der Waals surface area contributed by atoms with Crippen molar-refractivity contribution in [1.82, 2.24) is 10.3 Å². The van der Waals surface area contributed by atoms with Gasteiger partial charge in [0.05, 0.1) is 12.3 Å². The third kappa shape index (κ3) is 6.67. The van der Waals surface area contributed by atoms with Gasteiger partial charge >= 0.3 is 0 Å². The van der Waals surface area contributed by atoms with E-state index in [9.17, 15) is 9.59 Å². The molecule has 0 unspecified atom stereocenters. The number of aromatic amines is 1. The Balaban J connectivity index is 1.33. The van der Waals surface area contributed by atoms with Crippen LogP contribution in [0.5, 0.6) is 5.75 Å². The highest BCUT2D eigenvalue weighted by molar-refractivity contribution is 6.30. The highest BCUT2D eigenvalue weighted by Gasteiger charge is 2.16. The number of halogens is 1. The first kappa shape index (κ1) is 26.1. The van der Waals surface area contributed by atoms with Gasteiger partial charge in [0.25, 0.3) is 11.8 Å². The molecule has 5 rings (SSSR count). The van der Waals surface area contributed by atoms with Gasteiger partial charge in [-0.3, -0.25) is 9.59 Å². The Morgan fingerprint density at radius 2 is 1.59 bits per heavy atom. The lowest BCUT2D eigenvalue weighted by atomic mass is 10.1. The monoisotopic (exact) mass is 537 g/mol. The average molecular weight is 538 g/mol. The van der Waals surface area contributed by atoms with Crippen molar-refractivity contribution in [3.63, 3.8) is 0 Å². The van der Waals surface area contributed by atoms with Crippen LogP contribution in [-0.4, -0.2) is 23.4 Å². The van der Waals surface area contributed by atoms with Crippen LogP contribution in [0, 0.1) is 6.92 Å². The lowest BCUT2D eigenvalue weighted by Gasteiger charge is -2.14. The fourth-order valence-electron chi connectivity index (χ4n) is 4.19. The number of amides is 2. The molecule has 6 nitrogen and oxygen atoms in total. The van der Waals surface area contributed by atoms with Crippen molar-refractivity contribution in [3.05, 3.63) is 130 Å². The molecular weight excluding hydrogens is 510 g/mol. The van der Waals surface area contributed by atoms with Crippen LogP contribution in [0.3, 0.4) is 0 Å². The summed E-state index contributed by atoms with van der Waals surface area (Å²) in [6, 6.07) is 30.1. The lowest BCUT2D eigenvalue weighted by molar-refractivity contribution is 0.0950. The predicted molar refractivity (Wildman–Crippen MR) is 156 cm³/mol. The van der Waals surface area contributed by atoms with Crippen molar-refractivity contribution in [1.29, 1.82) is 0 Å². The SMILES string of the molecule is Cc1ccc(CCOc2cc(C(=O)NCc3ccc(Cl)cc3)ccc2NC(=O)c2cc3ccccc3[nH]2)cc1. The van der Waals surface area contributed by atoms with Crippen LogP contribution in [0.15, 0.2) is 97.1 Å². The topological polar surface area (TPSA) is 83.2 Å². The first-order valence-electron chi connectivity index (χ1n) is 12.7. The van der Waals surface area contributed by atoms with E-state index in [1.807, 2.05) is 43.3 Å². The average Bonchev–Trinajstić information content (AvgIpc) is 3.39. The Hall–Kier alpha value is -4.55. The van der Waals surface area contributed by atoms with Crippen molar-refractivity contribution in [2.24, 2.45) is 0 Å². The maximum atomic E-state index is 13.1. The zero-order chi connectivity index (χ0) is 27.2. The molecule has 0 atom stereocenters. The molecule has 0 aliphatic heterocycles. The van der Waals surface area contributed by atoms with E-state index < -0.39 is 0 Å². The van der Waals surface area contributed by atoms with Gasteiger partial charge in [-0.15, -0.1) is 0 Å². The molecule has 0 saturated heterocycles. The largest absolute Gasteiger partial charge is 0.491 e. The molecule has 7 heteroatoms. The summed E-state index contributed by atoms with van der Waals surface area (Å²) >= 11 is 5.95. The summed E-state index contributed by atoms with van der Waals surface area (Å²) in [5, 5.41) is 7.44. The molecule has 5 aromatic rings. The minimum absolute atomic E-state index is 0.248. The van der Waals surface area contributed by atoms with Gasteiger partial charge in [-0.1, -0.05) is 71.8 Å². The Morgan fingerprint density at radius 1 is 0.846 bits per heavy atom. The third-order valence-electron chi connectivity index (χ3n) is 6.40. The van der Waals surface area contributed by atoms with E-state index in [2.05, 4.69) is 39.9 Å². The number of ether oxygens (including phenoxy) is 1. The van der Waals surface area contributed by atoms with Gasteiger partial charge in [0.2, 0.25) is 0 Å². The van der Waals surface area contributed by atoms with Crippen LogP contribution in [0.2, 0.25) is 5.02 Å². The van der Waals surface area contributed by atoms with Gasteiger partial charge in [-0.2, -0.15) is 0 Å². The molecule has 0 fully saturated rings. The Morgan fingerprint density at radius 3 is 2.36 bits per heavy atom. The van der Waals surface area contributed by atoms with Gasteiger partial charge in [-0.25, -0.2) is 0 Å². The predicted octanol–water partition coefficient (Wildman–Crippen LogP) is 6.93. The molecule has 0 bridgehead atoms. The number of carbonyl (C=O) groups is 2. The minimum Gasteiger partial charge on any atom is -0.491 e. The quantitative estimate of drug-likeness (QED) is 0.190. The highest BCUT2D eigenvalue weighted by atomic mass is 35.5. The summed E-state index contributed by atoms with van der Waals surface area (Å²) in [6.07, 6.45) is 0.683. The van der Waals surface area contributed by atoms with Crippen molar-refractivity contribution in [3.8, 4) is 5.75 Å². The number of H-pyrrole nitrogens is 1. The van der Waals surface area contributed by atoms with Gasteiger partial charge in [0.1, 0.15) is 11.4 Å². The molecule has 4 aromatic carbocycles. The summed E-state index contributed by atoms with van der Waals surface area (Å²) in [6.45, 7) is 2.79. The number of aryl methyl sites for hydroxylation is 1. The Kier molecular flexibility index (Phi) is 7.94. The Bertz CT molecular complexity index is 1580. The van der Waals surface area contributed by atoms with Crippen molar-refractivity contribution < 1.29 is 14.3 Å². The number of fused-ring (bicyclic) bond motifs is 1. The first-order chi connectivity index (χ1) is 18.9. The molecule has 3 N–H and O–H groups in total. The number of para-hydroxylation sites is 1. The second-order valence-electron chi connectivity index (χ2n) is 9.33. The number of benzene rings is 4. The molecule has 0 radical (unpaired) electrons. The van der Waals surface area contributed by atoms with Gasteiger partial charge < -0.3 is 20.4 Å². The number of anilines is 1. The molecule has 196 valence electrons. The summed E-state index contributed by atoms with van der Waals surface area (Å²) in [4.78, 5) is 29.2. The van der Waals surface area contributed by atoms with E-state index >= 15 is 0 Å². The standard InChI is InChI=1S/C32H28ClN3O3/c1-21-6-8-22(9-7-21)16-17-39-30-19-25(31(37)34-20-23-10-13-26(33)14-11-23)12-15-28(30)36-32(38)29-18-24-4-2-3-5-27(24)35-29/h2-15,18-19,35H,16-17,20H2,1H3,(H,34,37)(H,36,38). The number of nitrogens with one attached hydrogen (secondary N) is 3. The van der Waals surface area contributed by atoms with Crippen molar-refractivity contribution >= 4 is 40.0 Å². The minimum atomic E-state index is -0.297. The van der Waals surface area contributed by atoms with Gasteiger partial charge in [0.15, 0.2) is 0 Å². The summed E-state index contributed by atoms with van der Waals surface area (Å²) in [7, 11) is 0. The molecule has 0 aliphatic carbocycles. The van der Waals surface area contributed by atoms with Gasteiger partial charge in [-0.05, 0) is 60.5 Å². The van der Waals surface area contributed by atoms with Crippen LogP contribution in [0.25, 0.3) is 10.9 Å². The highest BCUT2D eigenvalue weighted by Crippen LogP contribution is 2.28. The zero-order valence-electron chi connectivity index (χ0n) is 21.5. The lowest BCUT2D eigenvalue weighted by Crippen LogP contribution is -2.23. The van der Waals surface area contributed by atoms with Crippen LogP contribution in [0.1, 0.15) is 37.5 Å².